The van der Waals surface area contributed by atoms with Crippen molar-refractivity contribution in [2.75, 3.05) is 19.8 Å². The zero-order valence-corrected chi connectivity index (χ0v) is 71.8. The van der Waals surface area contributed by atoms with Crippen LogP contribution in [0.1, 0.15) is 135 Å². The maximum atomic E-state index is 17.0. The number of benzene rings is 7. The van der Waals surface area contributed by atoms with Crippen LogP contribution in [0.25, 0.3) is 11.1 Å². The Balaban J connectivity index is 1.04. The van der Waals surface area contributed by atoms with Crippen molar-refractivity contribution >= 4 is 76.4 Å². The number of hydrogen-bond donors (Lipinski definition) is 24. The third-order valence-electron chi connectivity index (χ3n) is 23.4. The van der Waals surface area contributed by atoms with Gasteiger partial charge in [-0.25, -0.2) is 4.79 Å². The zero-order chi connectivity index (χ0) is 94.9. The van der Waals surface area contributed by atoms with Crippen LogP contribution >= 0.6 is 23.2 Å². The molecular formula is C88H97Cl2N9O33. The number of halogens is 2. The van der Waals surface area contributed by atoms with Crippen LogP contribution in [0.2, 0.25) is 10.0 Å². The fourth-order valence-electron chi connectivity index (χ4n) is 16.5. The van der Waals surface area contributed by atoms with Crippen LogP contribution < -0.4 is 72.0 Å². The second-order valence-electron chi connectivity index (χ2n) is 33.2. The average Bonchev–Trinajstić information content (AvgIpc) is 0.748. The lowest BCUT2D eigenvalue weighted by Gasteiger charge is -2.44. The van der Waals surface area contributed by atoms with Crippen LogP contribution in [0, 0.1) is 5.92 Å². The Morgan fingerprint density at radius 3 is 1.68 bits per heavy atom. The number of ether oxygens (including phenoxy) is 9. The average molecular weight is 1880 g/mol. The summed E-state index contributed by atoms with van der Waals surface area (Å²) in [6.07, 6.45) is -25.9. The van der Waals surface area contributed by atoms with Crippen molar-refractivity contribution in [3.63, 3.8) is 0 Å². The van der Waals surface area contributed by atoms with E-state index in [0.29, 0.717) is 18.8 Å². The van der Waals surface area contributed by atoms with E-state index < -0.39 is 316 Å². The minimum Gasteiger partial charge on any atom is -0.508 e. The molecule has 7 aromatic carbocycles. The third kappa shape index (κ3) is 20.7. The lowest BCUT2D eigenvalue weighted by Crippen LogP contribution is -2.65. The second kappa shape index (κ2) is 40.6. The Morgan fingerprint density at radius 1 is 0.500 bits per heavy atom. The Morgan fingerprint density at radius 2 is 1.05 bits per heavy atom. The number of nitrogens with one attached hydrogen (secondary N) is 8. The molecule has 0 aliphatic carbocycles. The van der Waals surface area contributed by atoms with Gasteiger partial charge in [0, 0.05) is 48.6 Å². The van der Waals surface area contributed by atoms with Crippen LogP contribution in [0.15, 0.2) is 115 Å². The molecule has 23 atom stereocenters. The van der Waals surface area contributed by atoms with E-state index in [9.17, 15) is 95.8 Å². The number of nitrogens with two attached hydrogens (primary N) is 1. The number of aromatic hydroxyl groups is 4. The lowest BCUT2D eigenvalue weighted by molar-refractivity contribution is -0.284. The van der Waals surface area contributed by atoms with E-state index in [-0.39, 0.29) is 39.8 Å². The van der Waals surface area contributed by atoms with E-state index in [1.807, 2.05) is 0 Å². The number of carboxylic acids is 1. The standard InChI is InChI=1S/C88H97Cl2N9O33/c1-33(2)8-6-4-5-7-9-60(108)94-68-74(113)71(110)58(31-101)129-87(68)132-78-55-25-40-26-56(78)126-52-17-13-38(23-47(52)90)77(131-86-67(92-34(3)103)73(112)70(109)57(30-100)128-86)69-84(121)98-66(85(122)123)45-28-42(105)29-54(127-88-76(115)75(114)72(111)59(32-102)130-88)61(45)44-22-37(12-14-49(44)106)63(81(118)99-69)96-83(120)65(40)97-82(119)64-39-20-41(104)27-43(21-39)124-53-24-36(11-15-50(53)107)62(91)80(117)93-48(79(116)95-64)19-35-10-16-51(125-55)46(89)18-35/h10-18,20-29,33,48,57-59,62-77,86-88,100-102,104-107,109-115H,4-9,19,30-32,91H2,1-3H3,(H,92,103)(H,93,117)(H,94,108)(H,95,116)(H,96,120)(H,97,119)(H,98,121)(H,99,118)(H,122,123)/t48-,57-,58-,59-,62+,63-,64+,65-,66-,67-,68-,69+,70-,71-,72-,73-,74-,75+,76+,77-,86+,87+,88+/m1/s1. The van der Waals surface area contributed by atoms with Gasteiger partial charge in [0.15, 0.2) is 35.3 Å². The van der Waals surface area contributed by atoms with Gasteiger partial charge in [-0.3, -0.25) is 38.4 Å². The largest absolute Gasteiger partial charge is 0.508 e. The molecule has 25 N–H and O–H groups in total. The van der Waals surface area contributed by atoms with Crippen LogP contribution in [-0.2, 0) is 68.5 Å². The third-order valence-corrected chi connectivity index (χ3v) is 24.0. The molecule has 3 saturated heterocycles. The van der Waals surface area contributed by atoms with E-state index >= 15 is 24.0 Å². The van der Waals surface area contributed by atoms with E-state index in [1.165, 1.54) is 30.3 Å². The number of rotatable bonds is 19. The van der Waals surface area contributed by atoms with Gasteiger partial charge in [0.05, 0.1) is 29.9 Å². The van der Waals surface area contributed by atoms with Gasteiger partial charge in [0.1, 0.15) is 156 Å². The molecule has 9 aliphatic heterocycles. The summed E-state index contributed by atoms with van der Waals surface area (Å²) in [5, 5.41) is 190. The minimum absolute atomic E-state index is 0.0267. The molecule has 16 rings (SSSR count). The predicted octanol–water partition coefficient (Wildman–Crippen LogP) is 1.02. The number of aliphatic hydroxyl groups excluding tert-OH is 10. The molecule has 0 aromatic heterocycles. The van der Waals surface area contributed by atoms with Crippen LogP contribution in [0.5, 0.6) is 69.0 Å². The van der Waals surface area contributed by atoms with Crippen molar-refractivity contribution < 1.29 is 162 Å². The summed E-state index contributed by atoms with van der Waals surface area (Å²) in [5.74, 6) is -19.2. The molecule has 9 heterocycles. The monoisotopic (exact) mass is 1880 g/mol. The molecule has 7 aromatic rings. The first-order valence-electron chi connectivity index (χ1n) is 42.0. The SMILES string of the molecule is CC(=O)N[C@H]1[C@H](O[C@@H]2c3ccc(c(Cl)c3)Oc3cc4cc(c3O[C@@H]3O[C@H](CO)[C@@H](O)[C@H](O)[C@H]3NC(=O)CCCCCCC(C)C)Oc3ccc(cc3Cl)C[C@H]3NC(=O)[C@@H](N)c5ccc(O)c(c5)Oc5cc(O)cc(c5)[C@H](NC3=O)C(=O)N[C@H]4C(=O)N[C@H]3C(=O)N[C@@H]2C(=O)N[C@@H](C(=O)O)c2cc(O)cc(O[C@H]4O[C@H](CO)[C@@H](O)[C@H](O)[C@@H]4O)c2-c2cc3ccc2O)O[C@H](CO)[C@@H](O)[C@@H]1O. The van der Waals surface area contributed by atoms with Crippen molar-refractivity contribution in [3.05, 3.63) is 164 Å². The van der Waals surface area contributed by atoms with E-state index in [0.717, 1.165) is 111 Å². The van der Waals surface area contributed by atoms with Crippen molar-refractivity contribution in [2.45, 2.75) is 206 Å². The molecule has 0 saturated carbocycles. The molecular weight excluding hydrogens is 1780 g/mol. The van der Waals surface area contributed by atoms with Gasteiger partial charge in [-0.1, -0.05) is 87.0 Å². The van der Waals surface area contributed by atoms with E-state index in [4.69, 9.17) is 71.6 Å². The first-order valence-corrected chi connectivity index (χ1v) is 42.7. The van der Waals surface area contributed by atoms with Gasteiger partial charge in [0.25, 0.3) is 0 Å². The summed E-state index contributed by atoms with van der Waals surface area (Å²) >= 11 is 14.7. The summed E-state index contributed by atoms with van der Waals surface area (Å²) in [6, 6.07) is 0.658. The molecule has 0 unspecified atom stereocenters. The number of unbranched alkanes of at least 4 members (excludes halogenated alkanes) is 3. The molecule has 3 fully saturated rings. The quantitative estimate of drug-likeness (QED) is 0.0503. The molecule has 0 radical (unpaired) electrons. The molecule has 132 heavy (non-hydrogen) atoms. The van der Waals surface area contributed by atoms with E-state index in [1.54, 1.807) is 0 Å². The highest BCUT2D eigenvalue weighted by atomic mass is 35.5. The van der Waals surface area contributed by atoms with Crippen molar-refractivity contribution in [1.82, 2.24) is 42.5 Å². The summed E-state index contributed by atoms with van der Waals surface area (Å²) in [7, 11) is 0. The van der Waals surface area contributed by atoms with Gasteiger partial charge in [-0.05, 0) is 125 Å². The highest BCUT2D eigenvalue weighted by Gasteiger charge is 2.52. The number of hydrogen-bond acceptors (Lipinski definition) is 33. The summed E-state index contributed by atoms with van der Waals surface area (Å²) in [4.78, 5) is 138. The second-order valence-corrected chi connectivity index (χ2v) is 34.0. The maximum absolute atomic E-state index is 17.0. The first-order chi connectivity index (χ1) is 62.9. The Hall–Kier alpha value is -12.0. The molecule has 42 nitrogen and oxygen atoms in total. The topological polar surface area (TPSA) is 662 Å². The summed E-state index contributed by atoms with van der Waals surface area (Å²) in [6.45, 7) is 1.97. The van der Waals surface area contributed by atoms with Gasteiger partial charge in [-0.2, -0.15) is 0 Å². The number of carbonyl (C=O) groups is 9. The predicted molar refractivity (Wildman–Crippen MR) is 453 cm³/mol. The first kappa shape index (κ1) is 96.0. The number of amides is 8. The lowest BCUT2D eigenvalue weighted by atomic mass is 9.89. The van der Waals surface area contributed by atoms with Gasteiger partial charge < -0.3 is 167 Å². The molecule has 17 bridgehead atoms. The number of aliphatic hydroxyl groups is 10. The molecule has 9 aliphatic rings. The molecule has 8 amide bonds. The van der Waals surface area contributed by atoms with Crippen molar-refractivity contribution in [1.29, 1.82) is 0 Å². The highest BCUT2D eigenvalue weighted by molar-refractivity contribution is 6.32. The van der Waals surface area contributed by atoms with Gasteiger partial charge in [0.2, 0.25) is 65.6 Å². The van der Waals surface area contributed by atoms with Crippen LogP contribution in [0.4, 0.5) is 0 Å². The summed E-state index contributed by atoms with van der Waals surface area (Å²) < 4.78 is 57.5. The van der Waals surface area contributed by atoms with Gasteiger partial charge >= 0.3 is 5.97 Å². The number of phenols is 4. The minimum atomic E-state index is -2.59. The highest BCUT2D eigenvalue weighted by Crippen LogP contribution is 2.51. The normalized spacial score (nSPS) is 28.9. The van der Waals surface area contributed by atoms with Gasteiger partial charge in [-0.15, -0.1) is 0 Å². The number of phenolic OH excluding ortho intramolecular Hbond substituents is 4. The van der Waals surface area contributed by atoms with Crippen LogP contribution in [0.3, 0.4) is 0 Å². The number of fused-ring (bicyclic) bond motifs is 14. The van der Waals surface area contributed by atoms with Crippen LogP contribution in [-0.4, -0.2) is 254 Å². The Kier molecular flexibility index (Phi) is 29.5. The molecule has 0 spiro atoms. The van der Waals surface area contributed by atoms with E-state index in [2.05, 4.69) is 56.4 Å². The Labute approximate surface area is 759 Å². The zero-order valence-electron chi connectivity index (χ0n) is 70.3. The number of carboxylic acid groups (broad SMARTS) is 1. The molecule has 706 valence electrons. The van der Waals surface area contributed by atoms with Crippen molar-refractivity contribution in [3.8, 4) is 80.1 Å². The maximum Gasteiger partial charge on any atom is 0.330 e. The summed E-state index contributed by atoms with van der Waals surface area (Å²) in [5.41, 5.74) is 2.79. The number of carbonyl (C=O) groups excluding carboxylic acids is 8. The fraction of sp³-hybridized carbons (Fsp3) is 0.420. The smallest absolute Gasteiger partial charge is 0.330 e. The Bertz CT molecular complexity index is 5560. The van der Waals surface area contributed by atoms with Crippen molar-refractivity contribution in [2.24, 2.45) is 11.7 Å². The molecule has 44 heteroatoms. The number of aliphatic carboxylic acids is 1. The fourth-order valence-corrected chi connectivity index (χ4v) is 16.9.